The Bertz CT molecular complexity index is 629. The number of benzene rings is 2. The highest BCUT2D eigenvalue weighted by molar-refractivity contribution is 9.10. The van der Waals surface area contributed by atoms with E-state index in [2.05, 4.69) is 40.2 Å². The molecule has 0 spiro atoms. The average molecular weight is 375 g/mol. The Labute approximate surface area is 146 Å². The number of hydrogen-bond acceptors (Lipinski definition) is 2. The van der Waals surface area contributed by atoms with Crippen LogP contribution >= 0.6 is 15.9 Å². The summed E-state index contributed by atoms with van der Waals surface area (Å²) >= 11 is 3.65. The van der Waals surface area contributed by atoms with Crippen LogP contribution in [0.4, 0.5) is 0 Å². The molecule has 1 fully saturated rings. The molecule has 2 aromatic carbocycles. The highest BCUT2D eigenvalue weighted by Crippen LogP contribution is 2.43. The van der Waals surface area contributed by atoms with E-state index in [1.54, 1.807) is 0 Å². The van der Waals surface area contributed by atoms with Crippen molar-refractivity contribution in [1.82, 2.24) is 0 Å². The van der Waals surface area contributed by atoms with Gasteiger partial charge in [0.25, 0.3) is 0 Å². The molecular weight excluding hydrogens is 352 g/mol. The lowest BCUT2D eigenvalue weighted by Gasteiger charge is -2.40. The van der Waals surface area contributed by atoms with Crippen molar-refractivity contribution in [2.45, 2.75) is 43.8 Å². The molecule has 2 unspecified atom stereocenters. The molecule has 3 rings (SSSR count). The smallest absolute Gasteiger partial charge is 0.0720 e. The molecule has 122 valence electrons. The monoisotopic (exact) mass is 374 g/mol. The number of aliphatic hydroxyl groups is 1. The predicted molar refractivity (Wildman–Crippen MR) is 96.4 cm³/mol. The van der Waals surface area contributed by atoms with Crippen molar-refractivity contribution in [2.24, 2.45) is 0 Å². The van der Waals surface area contributed by atoms with Gasteiger partial charge in [-0.25, -0.2) is 0 Å². The number of halogens is 1. The third kappa shape index (κ3) is 3.85. The second-order valence-electron chi connectivity index (χ2n) is 6.43. The summed E-state index contributed by atoms with van der Waals surface area (Å²) in [5.74, 6) is 0. The summed E-state index contributed by atoms with van der Waals surface area (Å²) in [7, 11) is 0. The van der Waals surface area contributed by atoms with Gasteiger partial charge in [-0.2, -0.15) is 0 Å². The quantitative estimate of drug-likeness (QED) is 0.811. The van der Waals surface area contributed by atoms with Crippen LogP contribution in [0.1, 0.15) is 36.8 Å². The molecule has 2 nitrogen and oxygen atoms in total. The summed E-state index contributed by atoms with van der Waals surface area (Å²) in [5.41, 5.74) is 2.21. The van der Waals surface area contributed by atoms with Gasteiger partial charge >= 0.3 is 0 Å². The maximum atomic E-state index is 10.1. The van der Waals surface area contributed by atoms with E-state index in [0.717, 1.165) is 30.2 Å². The largest absolute Gasteiger partial charge is 0.395 e. The zero-order valence-corrected chi connectivity index (χ0v) is 14.8. The van der Waals surface area contributed by atoms with E-state index < -0.39 is 0 Å². The van der Waals surface area contributed by atoms with Gasteiger partial charge in [-0.05, 0) is 42.9 Å². The fourth-order valence-electron chi connectivity index (χ4n) is 3.60. The lowest BCUT2D eigenvalue weighted by molar-refractivity contribution is -0.0172. The van der Waals surface area contributed by atoms with Crippen molar-refractivity contribution in [3.8, 4) is 0 Å². The minimum absolute atomic E-state index is 0.167. The van der Waals surface area contributed by atoms with Crippen LogP contribution in [0.25, 0.3) is 0 Å². The van der Waals surface area contributed by atoms with E-state index in [-0.39, 0.29) is 18.1 Å². The molecule has 0 amide bonds. The van der Waals surface area contributed by atoms with Gasteiger partial charge in [0.15, 0.2) is 0 Å². The second-order valence-corrected chi connectivity index (χ2v) is 7.29. The Morgan fingerprint density at radius 3 is 2.57 bits per heavy atom. The minimum Gasteiger partial charge on any atom is -0.395 e. The zero-order chi connectivity index (χ0) is 16.1. The van der Waals surface area contributed by atoms with Gasteiger partial charge in [-0.1, -0.05) is 64.5 Å². The molecule has 0 saturated heterocycles. The van der Waals surface area contributed by atoms with Crippen LogP contribution in [-0.2, 0) is 16.8 Å². The summed E-state index contributed by atoms with van der Waals surface area (Å²) in [4.78, 5) is 0. The van der Waals surface area contributed by atoms with Gasteiger partial charge in [0.05, 0.1) is 19.3 Å². The third-order valence-electron chi connectivity index (χ3n) is 4.88. The second kappa shape index (κ2) is 7.61. The molecule has 1 aliphatic carbocycles. The lowest BCUT2D eigenvalue weighted by Crippen LogP contribution is -2.39. The molecule has 0 radical (unpaired) electrons. The average Bonchev–Trinajstić information content (AvgIpc) is 2.61. The standard InChI is InChI=1S/C20H23BrO2/c21-19-11-5-4-10-18(19)20(15-22)12-6-9-17(13-20)23-14-16-7-2-1-3-8-16/h1-5,7-8,10-11,17,22H,6,9,12-15H2. The first kappa shape index (κ1) is 16.7. The summed E-state index contributed by atoms with van der Waals surface area (Å²) < 4.78 is 7.24. The van der Waals surface area contributed by atoms with Crippen LogP contribution in [0.5, 0.6) is 0 Å². The molecule has 3 heteroatoms. The molecule has 1 saturated carbocycles. The van der Waals surface area contributed by atoms with E-state index in [1.807, 2.05) is 30.3 Å². The number of hydrogen-bond donors (Lipinski definition) is 1. The van der Waals surface area contributed by atoms with Crippen LogP contribution in [0.15, 0.2) is 59.1 Å². The van der Waals surface area contributed by atoms with Crippen molar-refractivity contribution in [1.29, 1.82) is 0 Å². The maximum Gasteiger partial charge on any atom is 0.0720 e. The highest BCUT2D eigenvalue weighted by Gasteiger charge is 2.39. The van der Waals surface area contributed by atoms with Crippen molar-refractivity contribution in [3.05, 3.63) is 70.2 Å². The number of aliphatic hydroxyl groups excluding tert-OH is 1. The van der Waals surface area contributed by atoms with E-state index in [4.69, 9.17) is 4.74 Å². The van der Waals surface area contributed by atoms with Gasteiger partial charge in [0.1, 0.15) is 0 Å². The third-order valence-corrected chi connectivity index (χ3v) is 5.57. The number of ether oxygens (including phenoxy) is 1. The van der Waals surface area contributed by atoms with Gasteiger partial charge in [0, 0.05) is 9.89 Å². The Morgan fingerprint density at radius 1 is 1.09 bits per heavy atom. The van der Waals surface area contributed by atoms with Gasteiger partial charge < -0.3 is 9.84 Å². The molecular formula is C20H23BrO2. The molecule has 0 heterocycles. The Morgan fingerprint density at radius 2 is 1.83 bits per heavy atom. The normalized spacial score (nSPS) is 24.5. The van der Waals surface area contributed by atoms with Crippen LogP contribution in [0, 0.1) is 0 Å². The Kier molecular flexibility index (Phi) is 5.52. The summed E-state index contributed by atoms with van der Waals surface area (Å²) in [5, 5.41) is 10.1. The molecule has 1 N–H and O–H groups in total. The fourth-order valence-corrected chi connectivity index (χ4v) is 4.31. The van der Waals surface area contributed by atoms with E-state index in [0.29, 0.717) is 6.61 Å². The number of rotatable bonds is 5. The van der Waals surface area contributed by atoms with Gasteiger partial charge in [-0.15, -0.1) is 0 Å². The lowest BCUT2D eigenvalue weighted by atomic mass is 9.69. The molecule has 0 aromatic heterocycles. The SMILES string of the molecule is OCC1(c2ccccc2Br)CCCC(OCc2ccccc2)C1. The molecule has 23 heavy (non-hydrogen) atoms. The summed E-state index contributed by atoms with van der Waals surface area (Å²) in [6.07, 6.45) is 4.24. The van der Waals surface area contributed by atoms with E-state index in [9.17, 15) is 5.11 Å². The van der Waals surface area contributed by atoms with Crippen molar-refractivity contribution < 1.29 is 9.84 Å². The van der Waals surface area contributed by atoms with Gasteiger partial charge in [0.2, 0.25) is 0 Å². The first-order chi connectivity index (χ1) is 11.2. The minimum atomic E-state index is -0.195. The Hall–Kier alpha value is -1.16. The Balaban J connectivity index is 1.72. The molecule has 0 bridgehead atoms. The predicted octanol–water partition coefficient (Wildman–Crippen LogP) is 4.84. The fraction of sp³-hybridized carbons (Fsp3) is 0.400. The van der Waals surface area contributed by atoms with E-state index >= 15 is 0 Å². The topological polar surface area (TPSA) is 29.5 Å². The van der Waals surface area contributed by atoms with Crippen LogP contribution in [0.2, 0.25) is 0 Å². The summed E-state index contributed by atoms with van der Waals surface area (Å²) in [6, 6.07) is 18.5. The first-order valence-corrected chi connectivity index (χ1v) is 9.04. The van der Waals surface area contributed by atoms with E-state index in [1.165, 1.54) is 11.1 Å². The highest BCUT2D eigenvalue weighted by atomic mass is 79.9. The zero-order valence-electron chi connectivity index (χ0n) is 13.2. The van der Waals surface area contributed by atoms with Crippen molar-refractivity contribution in [3.63, 3.8) is 0 Å². The molecule has 1 aliphatic rings. The molecule has 2 aromatic rings. The van der Waals surface area contributed by atoms with Crippen LogP contribution in [-0.4, -0.2) is 17.8 Å². The molecule has 0 aliphatic heterocycles. The van der Waals surface area contributed by atoms with Crippen LogP contribution in [0.3, 0.4) is 0 Å². The van der Waals surface area contributed by atoms with Crippen molar-refractivity contribution >= 4 is 15.9 Å². The summed E-state index contributed by atoms with van der Waals surface area (Å²) in [6.45, 7) is 0.809. The van der Waals surface area contributed by atoms with Crippen molar-refractivity contribution in [2.75, 3.05) is 6.61 Å². The first-order valence-electron chi connectivity index (χ1n) is 8.25. The maximum absolute atomic E-state index is 10.1. The van der Waals surface area contributed by atoms with Gasteiger partial charge in [-0.3, -0.25) is 0 Å². The molecule has 2 atom stereocenters. The van der Waals surface area contributed by atoms with Crippen LogP contribution < -0.4 is 0 Å².